The van der Waals surface area contributed by atoms with Crippen LogP contribution in [0, 0.1) is 0 Å². The predicted molar refractivity (Wildman–Crippen MR) is 79.1 cm³/mol. The summed E-state index contributed by atoms with van der Waals surface area (Å²) in [6.45, 7) is 2.79. The van der Waals surface area contributed by atoms with Crippen molar-refractivity contribution in [3.05, 3.63) is 34.0 Å². The van der Waals surface area contributed by atoms with Crippen LogP contribution in [-0.4, -0.2) is 38.7 Å². The molecule has 1 saturated heterocycles. The summed E-state index contributed by atoms with van der Waals surface area (Å²) >= 11 is 1.79. The number of thiazole rings is 1. The first kappa shape index (κ1) is 13.0. The second-order valence-corrected chi connectivity index (χ2v) is 6.76. The van der Waals surface area contributed by atoms with E-state index in [0.29, 0.717) is 11.6 Å². The molecule has 0 unspecified atom stereocenters. The minimum absolute atomic E-state index is 0.333. The van der Waals surface area contributed by atoms with Crippen LogP contribution in [0.15, 0.2) is 17.8 Å². The van der Waals surface area contributed by atoms with Crippen molar-refractivity contribution < 1.29 is 4.79 Å². The molecule has 1 amide bonds. The van der Waals surface area contributed by atoms with Crippen molar-refractivity contribution in [3.63, 3.8) is 0 Å². The van der Waals surface area contributed by atoms with Crippen molar-refractivity contribution in [1.82, 2.24) is 19.7 Å². The number of aromatic nitrogens is 3. The summed E-state index contributed by atoms with van der Waals surface area (Å²) < 4.78 is 1.84. The molecule has 0 radical (unpaired) electrons. The van der Waals surface area contributed by atoms with Crippen LogP contribution in [0.4, 0.5) is 0 Å². The van der Waals surface area contributed by atoms with Crippen molar-refractivity contribution in [2.75, 3.05) is 13.1 Å². The van der Waals surface area contributed by atoms with Gasteiger partial charge in [-0.15, -0.1) is 11.3 Å². The molecule has 2 aliphatic rings. The maximum absolute atomic E-state index is 11.1. The maximum Gasteiger partial charge on any atom is 0.251 e. The van der Waals surface area contributed by atoms with Crippen LogP contribution in [0.5, 0.6) is 0 Å². The molecule has 110 valence electrons. The Labute approximate surface area is 126 Å². The third-order valence-corrected chi connectivity index (χ3v) is 5.14. The van der Waals surface area contributed by atoms with E-state index in [1.165, 1.54) is 29.7 Å². The second-order valence-electron chi connectivity index (χ2n) is 5.87. The molecule has 1 saturated carbocycles. The van der Waals surface area contributed by atoms with Gasteiger partial charge in [0.15, 0.2) is 0 Å². The Morgan fingerprint density at radius 2 is 2.24 bits per heavy atom. The summed E-state index contributed by atoms with van der Waals surface area (Å²) in [5.41, 5.74) is 6.89. The van der Waals surface area contributed by atoms with Gasteiger partial charge in [-0.1, -0.05) is 0 Å². The van der Waals surface area contributed by atoms with Crippen LogP contribution in [0.25, 0.3) is 0 Å². The SMILES string of the molecule is NC(=O)c1cnn(C2CN(Cc3csc(C4CC4)n3)C2)c1. The number of amides is 1. The molecule has 1 aliphatic heterocycles. The molecule has 7 heteroatoms. The minimum atomic E-state index is -0.424. The molecule has 21 heavy (non-hydrogen) atoms. The molecule has 1 aliphatic carbocycles. The van der Waals surface area contributed by atoms with Crippen LogP contribution >= 0.6 is 11.3 Å². The van der Waals surface area contributed by atoms with Gasteiger partial charge >= 0.3 is 0 Å². The molecular weight excluding hydrogens is 286 g/mol. The van der Waals surface area contributed by atoms with Crippen molar-refractivity contribution in [2.24, 2.45) is 5.73 Å². The molecule has 6 nitrogen and oxygen atoms in total. The third-order valence-electron chi connectivity index (χ3n) is 4.08. The first-order valence-electron chi connectivity index (χ1n) is 7.19. The zero-order valence-corrected chi connectivity index (χ0v) is 12.4. The second kappa shape index (κ2) is 4.92. The highest BCUT2D eigenvalue weighted by Gasteiger charge is 2.31. The lowest BCUT2D eigenvalue weighted by molar-refractivity contribution is 0.0895. The van der Waals surface area contributed by atoms with E-state index in [1.807, 2.05) is 4.68 Å². The van der Waals surface area contributed by atoms with E-state index in [-0.39, 0.29) is 0 Å². The van der Waals surface area contributed by atoms with E-state index >= 15 is 0 Å². The van der Waals surface area contributed by atoms with E-state index in [2.05, 4.69) is 15.4 Å². The molecule has 2 aromatic heterocycles. The highest BCUT2D eigenvalue weighted by molar-refractivity contribution is 7.09. The molecule has 0 atom stereocenters. The average molecular weight is 303 g/mol. The number of nitrogens with zero attached hydrogens (tertiary/aromatic N) is 4. The Balaban J connectivity index is 1.32. The van der Waals surface area contributed by atoms with Gasteiger partial charge in [0, 0.05) is 37.1 Å². The molecule has 4 rings (SSSR count). The third kappa shape index (κ3) is 2.58. The summed E-state index contributed by atoms with van der Waals surface area (Å²) in [6.07, 6.45) is 5.88. The Kier molecular flexibility index (Phi) is 3.04. The molecule has 2 N–H and O–H groups in total. The number of carbonyl (C=O) groups is 1. The van der Waals surface area contributed by atoms with E-state index in [0.717, 1.165) is 25.6 Å². The maximum atomic E-state index is 11.1. The Bertz CT molecular complexity index is 668. The molecule has 2 fully saturated rings. The standard InChI is InChI=1S/C14H17N5OS/c15-13(20)10-3-16-19(4-10)12-6-18(7-12)5-11-8-21-14(17-11)9-1-2-9/h3-4,8-9,12H,1-2,5-7H2,(H2,15,20). The largest absolute Gasteiger partial charge is 0.366 e. The van der Waals surface area contributed by atoms with Crippen LogP contribution < -0.4 is 5.73 Å². The lowest BCUT2D eigenvalue weighted by atomic mass is 10.1. The molecule has 0 spiro atoms. The first-order chi connectivity index (χ1) is 10.2. The fourth-order valence-corrected chi connectivity index (χ4v) is 3.63. The summed E-state index contributed by atoms with van der Waals surface area (Å²) in [5.74, 6) is 0.316. The van der Waals surface area contributed by atoms with Crippen molar-refractivity contribution in [3.8, 4) is 0 Å². The minimum Gasteiger partial charge on any atom is -0.366 e. The van der Waals surface area contributed by atoms with Gasteiger partial charge in [-0.2, -0.15) is 5.10 Å². The average Bonchev–Trinajstić information content (AvgIpc) is 2.98. The van der Waals surface area contributed by atoms with Gasteiger partial charge in [0.2, 0.25) is 0 Å². The normalized spacial score (nSPS) is 19.6. The number of rotatable bonds is 5. The van der Waals surface area contributed by atoms with E-state index in [9.17, 15) is 4.79 Å². The van der Waals surface area contributed by atoms with Crippen LogP contribution in [0.1, 0.15) is 45.9 Å². The van der Waals surface area contributed by atoms with Gasteiger partial charge in [-0.3, -0.25) is 14.4 Å². The summed E-state index contributed by atoms with van der Waals surface area (Å²) in [5, 5.41) is 7.70. The summed E-state index contributed by atoms with van der Waals surface area (Å²) in [6, 6.07) is 0.333. The lowest BCUT2D eigenvalue weighted by Crippen LogP contribution is -2.47. The number of nitrogens with two attached hydrogens (primary N) is 1. The summed E-state index contributed by atoms with van der Waals surface area (Å²) in [7, 11) is 0. The topological polar surface area (TPSA) is 77.0 Å². The van der Waals surface area contributed by atoms with Crippen molar-refractivity contribution in [1.29, 1.82) is 0 Å². The fourth-order valence-electron chi connectivity index (χ4n) is 2.65. The quantitative estimate of drug-likeness (QED) is 0.905. The monoisotopic (exact) mass is 303 g/mol. The highest BCUT2D eigenvalue weighted by Crippen LogP contribution is 2.41. The van der Waals surface area contributed by atoms with Crippen LogP contribution in [-0.2, 0) is 6.54 Å². The molecular formula is C14H17N5OS. The zero-order chi connectivity index (χ0) is 14.4. The van der Waals surface area contributed by atoms with Crippen molar-refractivity contribution in [2.45, 2.75) is 31.3 Å². The fraction of sp³-hybridized carbons (Fsp3) is 0.500. The molecule has 3 heterocycles. The Morgan fingerprint density at radius 1 is 1.43 bits per heavy atom. The number of carbonyl (C=O) groups excluding carboxylic acids is 1. The Morgan fingerprint density at radius 3 is 2.90 bits per heavy atom. The Hall–Kier alpha value is -1.73. The lowest BCUT2D eigenvalue weighted by Gasteiger charge is -2.38. The van der Waals surface area contributed by atoms with Crippen LogP contribution in [0.3, 0.4) is 0 Å². The van der Waals surface area contributed by atoms with Gasteiger partial charge in [0.25, 0.3) is 5.91 Å². The number of hydrogen-bond donors (Lipinski definition) is 1. The van der Waals surface area contributed by atoms with Gasteiger partial charge in [-0.25, -0.2) is 4.98 Å². The number of likely N-dealkylation sites (tertiary alicyclic amines) is 1. The van der Waals surface area contributed by atoms with E-state index in [1.54, 1.807) is 17.5 Å². The first-order valence-corrected chi connectivity index (χ1v) is 8.07. The zero-order valence-electron chi connectivity index (χ0n) is 11.6. The molecule has 0 aromatic carbocycles. The van der Waals surface area contributed by atoms with Gasteiger partial charge in [-0.05, 0) is 12.8 Å². The highest BCUT2D eigenvalue weighted by atomic mass is 32.1. The van der Waals surface area contributed by atoms with Gasteiger partial charge in [0.05, 0.1) is 28.5 Å². The smallest absolute Gasteiger partial charge is 0.251 e. The molecule has 0 bridgehead atoms. The number of primary amides is 1. The van der Waals surface area contributed by atoms with Gasteiger partial charge < -0.3 is 5.73 Å². The summed E-state index contributed by atoms with van der Waals surface area (Å²) in [4.78, 5) is 18.1. The van der Waals surface area contributed by atoms with E-state index < -0.39 is 5.91 Å². The predicted octanol–water partition coefficient (Wildman–Crippen LogP) is 1.37. The van der Waals surface area contributed by atoms with E-state index in [4.69, 9.17) is 10.7 Å². The van der Waals surface area contributed by atoms with Crippen molar-refractivity contribution >= 4 is 17.2 Å². The van der Waals surface area contributed by atoms with Gasteiger partial charge in [0.1, 0.15) is 0 Å². The van der Waals surface area contributed by atoms with Crippen LogP contribution in [0.2, 0.25) is 0 Å². The molecule has 2 aromatic rings. The number of hydrogen-bond acceptors (Lipinski definition) is 5.